The first-order valence-electron chi connectivity index (χ1n) is 9.61. The van der Waals surface area contributed by atoms with E-state index in [1.165, 1.54) is 6.33 Å². The number of fused-ring (bicyclic) bond motifs is 1. The van der Waals surface area contributed by atoms with Gasteiger partial charge in [0.1, 0.15) is 12.7 Å². The van der Waals surface area contributed by atoms with Crippen molar-refractivity contribution in [2.24, 2.45) is 11.8 Å². The Morgan fingerprint density at radius 2 is 1.93 bits per heavy atom. The number of amides is 1. The van der Waals surface area contributed by atoms with Gasteiger partial charge in [0, 0.05) is 18.7 Å². The Morgan fingerprint density at radius 1 is 1.14 bits per heavy atom. The summed E-state index contributed by atoms with van der Waals surface area (Å²) < 4.78 is 1.74. The number of likely N-dealkylation sites (tertiary alicyclic amines) is 1. The number of H-pyrrole nitrogens is 1. The highest BCUT2D eigenvalue weighted by atomic mass is 16.3. The Hall–Kier alpha value is -3.00. The third-order valence-corrected chi connectivity index (χ3v) is 6.10. The molecular formula is C20H22N6O2. The van der Waals surface area contributed by atoms with Crippen molar-refractivity contribution >= 4 is 5.91 Å². The Kier molecular flexibility index (Phi) is 4.20. The van der Waals surface area contributed by atoms with Gasteiger partial charge in [-0.15, -0.1) is 0 Å². The fourth-order valence-electron chi connectivity index (χ4n) is 4.69. The molecule has 28 heavy (non-hydrogen) atoms. The predicted octanol–water partition coefficient (Wildman–Crippen LogP) is 1.75. The second-order valence-corrected chi connectivity index (χ2v) is 7.74. The number of benzene rings is 1. The van der Waals surface area contributed by atoms with Gasteiger partial charge in [0.25, 0.3) is 5.91 Å². The van der Waals surface area contributed by atoms with Crippen LogP contribution in [0.4, 0.5) is 0 Å². The van der Waals surface area contributed by atoms with Gasteiger partial charge >= 0.3 is 0 Å². The van der Waals surface area contributed by atoms with Crippen molar-refractivity contribution in [1.82, 2.24) is 29.9 Å². The minimum Gasteiger partial charge on any atom is -0.391 e. The first-order valence-corrected chi connectivity index (χ1v) is 9.61. The predicted molar refractivity (Wildman–Crippen MR) is 101 cm³/mol. The summed E-state index contributed by atoms with van der Waals surface area (Å²) in [7, 11) is 0. The van der Waals surface area contributed by atoms with Gasteiger partial charge in [-0.2, -0.15) is 10.2 Å². The van der Waals surface area contributed by atoms with Crippen LogP contribution in [0.5, 0.6) is 0 Å². The number of carbonyl (C=O) groups is 1. The lowest BCUT2D eigenvalue weighted by Gasteiger charge is -2.34. The number of carbonyl (C=O) groups excluding carboxylic acids is 1. The van der Waals surface area contributed by atoms with E-state index in [9.17, 15) is 9.90 Å². The normalized spacial score (nSPS) is 27.0. The highest BCUT2D eigenvalue weighted by molar-refractivity contribution is 5.99. The zero-order valence-corrected chi connectivity index (χ0v) is 15.3. The zero-order valence-electron chi connectivity index (χ0n) is 15.3. The smallest absolute Gasteiger partial charge is 0.257 e. The fourth-order valence-corrected chi connectivity index (χ4v) is 4.69. The van der Waals surface area contributed by atoms with E-state index < -0.39 is 6.10 Å². The molecule has 5 rings (SSSR count). The number of nitrogens with zero attached hydrogens (tertiary/aromatic N) is 5. The molecule has 1 saturated heterocycles. The Labute approximate surface area is 162 Å². The first kappa shape index (κ1) is 17.1. The topological polar surface area (TPSA) is 99.9 Å². The molecule has 3 heterocycles. The summed E-state index contributed by atoms with van der Waals surface area (Å²) in [5.41, 5.74) is 2.29. The summed E-state index contributed by atoms with van der Waals surface area (Å²) in [5, 5.41) is 21.9. The second kappa shape index (κ2) is 6.87. The summed E-state index contributed by atoms with van der Waals surface area (Å²) in [6.45, 7) is 1.37. The van der Waals surface area contributed by atoms with Crippen molar-refractivity contribution in [1.29, 1.82) is 0 Å². The van der Waals surface area contributed by atoms with Crippen molar-refractivity contribution in [2.45, 2.75) is 25.0 Å². The summed E-state index contributed by atoms with van der Waals surface area (Å²) >= 11 is 0. The Bertz CT molecular complexity index is 954. The highest BCUT2D eigenvalue weighted by Crippen LogP contribution is 2.41. The molecule has 1 saturated carbocycles. The molecule has 2 aromatic heterocycles. The maximum Gasteiger partial charge on any atom is 0.257 e. The molecule has 0 unspecified atom stereocenters. The van der Waals surface area contributed by atoms with Crippen molar-refractivity contribution in [2.75, 3.05) is 13.1 Å². The van der Waals surface area contributed by atoms with Crippen molar-refractivity contribution in [3.63, 3.8) is 0 Å². The van der Waals surface area contributed by atoms with E-state index in [0.717, 1.165) is 17.7 Å². The van der Waals surface area contributed by atoms with Gasteiger partial charge in [-0.05, 0) is 24.7 Å². The zero-order chi connectivity index (χ0) is 19.1. The van der Waals surface area contributed by atoms with Gasteiger partial charge < -0.3 is 10.0 Å². The molecule has 0 spiro atoms. The molecule has 1 aliphatic carbocycles. The van der Waals surface area contributed by atoms with E-state index in [1.807, 2.05) is 35.2 Å². The van der Waals surface area contributed by atoms with Gasteiger partial charge in [-0.1, -0.05) is 30.3 Å². The molecule has 1 aliphatic heterocycles. The summed E-state index contributed by atoms with van der Waals surface area (Å²) in [6, 6.07) is 9.69. The van der Waals surface area contributed by atoms with Crippen molar-refractivity contribution < 1.29 is 9.90 Å². The highest BCUT2D eigenvalue weighted by Gasteiger charge is 2.44. The van der Waals surface area contributed by atoms with Crippen LogP contribution in [-0.4, -0.2) is 60.1 Å². The average molecular weight is 378 g/mol. The number of nitrogens with one attached hydrogen (secondary N) is 1. The molecule has 2 N–H and O–H groups in total. The molecule has 0 radical (unpaired) electrons. The lowest BCUT2D eigenvalue weighted by atomic mass is 9.77. The molecular weight excluding hydrogens is 356 g/mol. The van der Waals surface area contributed by atoms with Gasteiger partial charge in [0.05, 0.1) is 29.6 Å². The number of hydrogen-bond donors (Lipinski definition) is 2. The quantitative estimate of drug-likeness (QED) is 0.723. The van der Waals surface area contributed by atoms with E-state index in [4.69, 9.17) is 0 Å². The monoisotopic (exact) mass is 378 g/mol. The van der Waals surface area contributed by atoms with Crippen molar-refractivity contribution in [3.8, 4) is 11.3 Å². The van der Waals surface area contributed by atoms with Gasteiger partial charge in [0.2, 0.25) is 0 Å². The molecule has 8 heteroatoms. The molecule has 8 nitrogen and oxygen atoms in total. The molecule has 3 aromatic rings. The largest absolute Gasteiger partial charge is 0.391 e. The summed E-state index contributed by atoms with van der Waals surface area (Å²) in [4.78, 5) is 19.1. The number of hydrogen-bond acceptors (Lipinski definition) is 5. The first-order chi connectivity index (χ1) is 13.7. The Morgan fingerprint density at radius 3 is 2.68 bits per heavy atom. The van der Waals surface area contributed by atoms with Crippen LogP contribution in [0.25, 0.3) is 11.3 Å². The van der Waals surface area contributed by atoms with Gasteiger partial charge in [0.15, 0.2) is 0 Å². The minimum absolute atomic E-state index is 0.00574. The third kappa shape index (κ3) is 2.90. The van der Waals surface area contributed by atoms with Crippen LogP contribution >= 0.6 is 0 Å². The second-order valence-electron chi connectivity index (χ2n) is 7.74. The van der Waals surface area contributed by atoms with Crippen LogP contribution in [0.3, 0.4) is 0 Å². The van der Waals surface area contributed by atoms with Gasteiger partial charge in [-0.25, -0.2) is 9.67 Å². The van der Waals surface area contributed by atoms with Gasteiger partial charge in [-0.3, -0.25) is 9.89 Å². The maximum atomic E-state index is 13.2. The lowest BCUT2D eigenvalue weighted by molar-refractivity contribution is 0.0304. The van der Waals surface area contributed by atoms with E-state index >= 15 is 0 Å². The lowest BCUT2D eigenvalue weighted by Crippen LogP contribution is -2.36. The van der Waals surface area contributed by atoms with Crippen LogP contribution in [0.1, 0.15) is 29.2 Å². The average Bonchev–Trinajstić information content (AvgIpc) is 3.46. The SMILES string of the molecule is O=C(c1cn[nH]c1-c1ccccc1)N1C[C@H]2C[C@@H](n3cncn3)[C@H](O)C[C@H]2C1. The Balaban J connectivity index is 1.34. The van der Waals surface area contributed by atoms with Crippen LogP contribution in [-0.2, 0) is 0 Å². The number of rotatable bonds is 3. The molecule has 2 aliphatic rings. The van der Waals surface area contributed by atoms with Crippen LogP contribution in [0, 0.1) is 11.8 Å². The molecule has 2 fully saturated rings. The van der Waals surface area contributed by atoms with E-state index in [0.29, 0.717) is 36.9 Å². The maximum absolute atomic E-state index is 13.2. The fraction of sp³-hybridized carbons (Fsp3) is 0.400. The van der Waals surface area contributed by atoms with E-state index in [2.05, 4.69) is 20.3 Å². The van der Waals surface area contributed by atoms with E-state index in [1.54, 1.807) is 17.2 Å². The third-order valence-electron chi connectivity index (χ3n) is 6.10. The van der Waals surface area contributed by atoms with Crippen LogP contribution in [0.15, 0.2) is 49.2 Å². The summed E-state index contributed by atoms with van der Waals surface area (Å²) in [5.74, 6) is 0.660. The van der Waals surface area contributed by atoms with Crippen molar-refractivity contribution in [3.05, 3.63) is 54.7 Å². The number of aromatic nitrogens is 5. The molecule has 1 aromatic carbocycles. The standard InChI is InChI=1S/C20H22N6O2/c27-18-7-15-10-25(9-14(15)6-17(18)26-12-21-11-23-26)20(28)16-8-22-24-19(16)13-4-2-1-3-5-13/h1-5,8,11-12,14-15,17-18,27H,6-7,9-10H2,(H,22,24)/t14-,15+,17-,18-/m1/s1. The number of aromatic amines is 1. The molecule has 1 amide bonds. The molecule has 144 valence electrons. The minimum atomic E-state index is -0.466. The van der Waals surface area contributed by atoms with Crippen LogP contribution < -0.4 is 0 Å². The number of aliphatic hydroxyl groups excluding tert-OH is 1. The number of aliphatic hydroxyl groups is 1. The molecule has 4 atom stereocenters. The summed E-state index contributed by atoms with van der Waals surface area (Å²) in [6.07, 6.45) is 5.77. The van der Waals surface area contributed by atoms with E-state index in [-0.39, 0.29) is 11.9 Å². The molecule has 0 bridgehead atoms. The van der Waals surface area contributed by atoms with Crippen LogP contribution in [0.2, 0.25) is 0 Å².